The van der Waals surface area contributed by atoms with Crippen molar-refractivity contribution in [3.63, 3.8) is 0 Å². The number of aliphatic hydroxyl groups is 6. The topological polar surface area (TPSA) is 245 Å². The van der Waals surface area contributed by atoms with Crippen molar-refractivity contribution < 1.29 is 74.4 Å². The molecule has 2 aliphatic heterocycles. The fourth-order valence-electron chi connectivity index (χ4n) is 4.93. The number of benzene rings is 2. The number of carbonyl (C=O) groups excluding carboxylic acids is 1. The summed E-state index contributed by atoms with van der Waals surface area (Å²) in [6, 6.07) is 6.59. The lowest BCUT2D eigenvalue weighted by Gasteiger charge is -2.45. The summed E-state index contributed by atoms with van der Waals surface area (Å²) in [5, 5.41) is 92.3. The van der Waals surface area contributed by atoms with E-state index < -0.39 is 90.9 Å². The first-order valence-corrected chi connectivity index (χ1v) is 13.5. The minimum absolute atomic E-state index is 0.110. The van der Waals surface area contributed by atoms with Gasteiger partial charge in [-0.2, -0.15) is 0 Å². The number of hydrogen-bond donors (Lipinski definition) is 9. The van der Waals surface area contributed by atoms with E-state index >= 15 is 0 Å². The minimum Gasteiger partial charge on any atom is -0.507 e. The molecule has 43 heavy (non-hydrogen) atoms. The van der Waals surface area contributed by atoms with Crippen LogP contribution in [0.25, 0.3) is 0 Å². The number of methoxy groups -OCH3 is 1. The van der Waals surface area contributed by atoms with E-state index in [0.717, 1.165) is 12.1 Å². The molecular weight excluding hydrogens is 576 g/mol. The highest BCUT2D eigenvalue weighted by Crippen LogP contribution is 2.37. The Labute approximate surface area is 245 Å². The molecule has 15 heteroatoms. The van der Waals surface area contributed by atoms with Crippen LogP contribution in [0.5, 0.6) is 28.7 Å². The lowest BCUT2D eigenvalue weighted by atomic mass is 9.97. The number of aliphatic hydroxyl groups excluding tert-OH is 6. The van der Waals surface area contributed by atoms with Gasteiger partial charge in [0, 0.05) is 18.6 Å². The van der Waals surface area contributed by atoms with Gasteiger partial charge in [0.2, 0.25) is 6.29 Å². The van der Waals surface area contributed by atoms with E-state index in [0.29, 0.717) is 5.56 Å². The molecule has 0 amide bonds. The molecule has 0 aromatic heterocycles. The molecule has 0 bridgehead atoms. The van der Waals surface area contributed by atoms with Crippen molar-refractivity contribution in [1.29, 1.82) is 0 Å². The summed E-state index contributed by atoms with van der Waals surface area (Å²) in [6.45, 7) is 0.662. The molecule has 2 heterocycles. The number of phenols is 3. The van der Waals surface area contributed by atoms with Crippen LogP contribution in [0.2, 0.25) is 0 Å². The minimum atomic E-state index is -1.79. The first-order valence-electron chi connectivity index (χ1n) is 13.5. The summed E-state index contributed by atoms with van der Waals surface area (Å²) in [4.78, 5) is 12.9. The third-order valence-corrected chi connectivity index (χ3v) is 7.41. The number of hydrogen-bond acceptors (Lipinski definition) is 15. The van der Waals surface area contributed by atoms with Crippen LogP contribution < -0.4 is 9.47 Å². The zero-order valence-corrected chi connectivity index (χ0v) is 23.3. The van der Waals surface area contributed by atoms with Gasteiger partial charge in [-0.05, 0) is 31.0 Å². The smallest absolute Gasteiger partial charge is 0.229 e. The number of phenolic OH excluding ortho intramolecular Hbond substituents is 3. The Hall–Kier alpha value is -3.25. The van der Waals surface area contributed by atoms with Gasteiger partial charge in [-0.1, -0.05) is 6.07 Å². The fraction of sp³-hybridized carbons (Fsp3) is 0.536. The molecule has 2 aliphatic rings. The van der Waals surface area contributed by atoms with Crippen molar-refractivity contribution in [3.05, 3.63) is 41.5 Å². The van der Waals surface area contributed by atoms with Gasteiger partial charge in [0.05, 0.1) is 19.8 Å². The molecule has 0 spiro atoms. The van der Waals surface area contributed by atoms with Gasteiger partial charge in [-0.15, -0.1) is 0 Å². The quantitative estimate of drug-likeness (QED) is 0.141. The predicted molar refractivity (Wildman–Crippen MR) is 143 cm³/mol. The van der Waals surface area contributed by atoms with Gasteiger partial charge in [0.1, 0.15) is 59.4 Å². The molecule has 4 rings (SSSR count). The molecule has 0 radical (unpaired) electrons. The zero-order chi connectivity index (χ0) is 31.6. The Balaban J connectivity index is 1.51. The van der Waals surface area contributed by atoms with E-state index in [-0.39, 0.29) is 30.1 Å². The number of aromatic hydroxyl groups is 3. The summed E-state index contributed by atoms with van der Waals surface area (Å²) in [7, 11) is 1.40. The molecule has 9 N–H and O–H groups in total. The third kappa shape index (κ3) is 6.95. The van der Waals surface area contributed by atoms with Gasteiger partial charge in [-0.3, -0.25) is 4.79 Å². The highest BCUT2D eigenvalue weighted by molar-refractivity contribution is 6.01. The first kappa shape index (κ1) is 32.7. The van der Waals surface area contributed by atoms with E-state index in [4.69, 9.17) is 23.7 Å². The first-order chi connectivity index (χ1) is 20.4. The third-order valence-electron chi connectivity index (χ3n) is 7.41. The maximum atomic E-state index is 12.9. The second kappa shape index (κ2) is 13.6. The van der Waals surface area contributed by atoms with Crippen LogP contribution in [0, 0.1) is 0 Å². The number of rotatable bonds is 10. The van der Waals surface area contributed by atoms with Crippen molar-refractivity contribution in [2.45, 2.75) is 81.2 Å². The van der Waals surface area contributed by atoms with Gasteiger partial charge in [0.25, 0.3) is 0 Å². The van der Waals surface area contributed by atoms with Crippen molar-refractivity contribution in [3.8, 4) is 28.7 Å². The zero-order valence-electron chi connectivity index (χ0n) is 23.3. The molecule has 2 saturated heterocycles. The second-order valence-electron chi connectivity index (χ2n) is 10.4. The molecule has 238 valence electrons. The summed E-state index contributed by atoms with van der Waals surface area (Å²) in [6.07, 6.45) is -15.5. The average molecular weight is 613 g/mol. The second-order valence-corrected chi connectivity index (χ2v) is 10.4. The summed E-state index contributed by atoms with van der Waals surface area (Å²) in [5.41, 5.74) is 0.208. The van der Waals surface area contributed by atoms with Crippen molar-refractivity contribution in [1.82, 2.24) is 0 Å². The van der Waals surface area contributed by atoms with E-state index in [2.05, 4.69) is 0 Å². The monoisotopic (exact) mass is 612 g/mol. The van der Waals surface area contributed by atoms with Crippen LogP contribution in [-0.2, 0) is 20.6 Å². The SMILES string of the molecule is COc1ccc(CCC(=O)c2c(O)cc(O[C@H]3O[C@@H](CO)[C@@H](O)[C@@H](O)[C@@H]3O[C@@H]3O[C@@H](C)[C@@H](O)[C@@H](O)[C@@H]3O)cc2O)cc1O. The number of carbonyl (C=O) groups is 1. The molecular formula is C28H36O15. The Morgan fingerprint density at radius 1 is 0.837 bits per heavy atom. The van der Waals surface area contributed by atoms with E-state index in [9.17, 15) is 50.8 Å². The lowest BCUT2D eigenvalue weighted by molar-refractivity contribution is -0.354. The molecule has 0 aliphatic carbocycles. The normalized spacial score (nSPS) is 32.7. The summed E-state index contributed by atoms with van der Waals surface area (Å²) in [5.74, 6) is -2.04. The molecule has 15 nitrogen and oxygen atoms in total. The molecule has 2 aromatic rings. The van der Waals surface area contributed by atoms with Crippen LogP contribution in [0.4, 0.5) is 0 Å². The summed E-state index contributed by atoms with van der Waals surface area (Å²) >= 11 is 0. The average Bonchev–Trinajstić information content (AvgIpc) is 2.96. The van der Waals surface area contributed by atoms with Crippen molar-refractivity contribution >= 4 is 5.78 Å². The van der Waals surface area contributed by atoms with Crippen molar-refractivity contribution in [2.24, 2.45) is 0 Å². The molecule has 0 unspecified atom stereocenters. The molecule has 2 fully saturated rings. The fourth-order valence-corrected chi connectivity index (χ4v) is 4.93. The van der Waals surface area contributed by atoms with Gasteiger partial charge in [-0.25, -0.2) is 0 Å². The van der Waals surface area contributed by atoms with Crippen LogP contribution in [0.1, 0.15) is 29.3 Å². The van der Waals surface area contributed by atoms with Crippen LogP contribution in [0.15, 0.2) is 30.3 Å². The van der Waals surface area contributed by atoms with E-state index in [1.165, 1.54) is 26.2 Å². The van der Waals surface area contributed by atoms with E-state index in [1.54, 1.807) is 6.07 Å². The largest absolute Gasteiger partial charge is 0.507 e. The van der Waals surface area contributed by atoms with E-state index in [1.807, 2.05) is 0 Å². The van der Waals surface area contributed by atoms with Crippen LogP contribution in [0.3, 0.4) is 0 Å². The standard InChI is InChI=1S/C28H36O15/c1-11-21(34)23(36)25(38)27(40-11)43-26-24(37)22(35)19(10-29)42-28(26)41-13-8-16(32)20(17(33)9-13)14(30)5-3-12-4-6-18(39-2)15(31)7-12/h4,6-9,11,19,21-29,31-38H,3,5,10H2,1-2H3/t11-,19-,21+,22+,23+,24+,25-,26-,27-,28-/m0/s1. The predicted octanol–water partition coefficient (Wildman–Crippen LogP) is -1.34. The van der Waals surface area contributed by atoms with Gasteiger partial charge >= 0.3 is 0 Å². The highest BCUT2D eigenvalue weighted by atomic mass is 16.8. The molecule has 0 saturated carbocycles. The number of ether oxygens (including phenoxy) is 5. The number of ketones is 1. The Bertz CT molecular complexity index is 1250. The maximum absolute atomic E-state index is 12.9. The molecule has 2 aromatic carbocycles. The lowest BCUT2D eigenvalue weighted by Crippen LogP contribution is -2.64. The van der Waals surface area contributed by atoms with Gasteiger partial charge < -0.3 is 69.6 Å². The van der Waals surface area contributed by atoms with Crippen molar-refractivity contribution in [2.75, 3.05) is 13.7 Å². The van der Waals surface area contributed by atoms with Crippen LogP contribution in [-0.4, -0.2) is 127 Å². The Morgan fingerprint density at radius 3 is 2.12 bits per heavy atom. The van der Waals surface area contributed by atoms with Crippen LogP contribution >= 0.6 is 0 Å². The highest BCUT2D eigenvalue weighted by Gasteiger charge is 2.51. The Kier molecular flexibility index (Phi) is 10.3. The number of Topliss-reactive ketones (excluding diaryl/α,β-unsaturated/α-hetero) is 1. The molecule has 10 atom stereocenters. The maximum Gasteiger partial charge on any atom is 0.229 e. The van der Waals surface area contributed by atoms with Gasteiger partial charge in [0.15, 0.2) is 29.7 Å². The summed E-state index contributed by atoms with van der Waals surface area (Å²) < 4.78 is 27.2. The Morgan fingerprint density at radius 2 is 1.51 bits per heavy atom. The number of aryl methyl sites for hydroxylation is 1.